The largest absolute Gasteiger partial charge is 0.348 e. The van der Waals surface area contributed by atoms with E-state index in [9.17, 15) is 9.59 Å². The summed E-state index contributed by atoms with van der Waals surface area (Å²) in [6.07, 6.45) is 8.00. The molecule has 2 saturated carbocycles. The molecule has 0 spiro atoms. The Morgan fingerprint density at radius 1 is 0.917 bits per heavy atom. The Hall–Kier alpha value is -1.10. The first-order chi connectivity index (χ1) is 11.3. The Labute approximate surface area is 146 Å². The van der Waals surface area contributed by atoms with Crippen LogP contribution in [0.15, 0.2) is 0 Å². The highest BCUT2D eigenvalue weighted by molar-refractivity contribution is 5.79. The van der Waals surface area contributed by atoms with E-state index in [0.717, 1.165) is 36.5 Å². The van der Waals surface area contributed by atoms with E-state index in [1.165, 1.54) is 19.3 Å². The molecule has 0 aromatic heterocycles. The molecule has 0 aromatic carbocycles. The summed E-state index contributed by atoms with van der Waals surface area (Å²) in [5, 5.41) is 6.15. The molecule has 0 bridgehead atoms. The fraction of sp³-hybridized carbons (Fsp3) is 0.895. The van der Waals surface area contributed by atoms with Gasteiger partial charge in [-0.15, -0.1) is 0 Å². The molecule has 5 nitrogen and oxygen atoms in total. The van der Waals surface area contributed by atoms with Crippen molar-refractivity contribution in [2.24, 2.45) is 11.3 Å². The fourth-order valence-corrected chi connectivity index (χ4v) is 3.70. The molecule has 3 N–H and O–H groups in total. The summed E-state index contributed by atoms with van der Waals surface area (Å²) in [6.45, 7) is 7.74. The SMILES string of the molecule is CCC(C)(C)C1CCC(NC(=O)C[NH+](C)CC(=O)NC2CC2)CC1. The van der Waals surface area contributed by atoms with Crippen molar-refractivity contribution in [2.45, 2.75) is 77.8 Å². The van der Waals surface area contributed by atoms with Gasteiger partial charge >= 0.3 is 0 Å². The molecule has 24 heavy (non-hydrogen) atoms. The molecular formula is C19H36N3O2+. The topological polar surface area (TPSA) is 62.6 Å². The number of rotatable bonds is 8. The average molecular weight is 339 g/mol. The number of hydrogen-bond donors (Lipinski definition) is 3. The van der Waals surface area contributed by atoms with Crippen LogP contribution in [-0.4, -0.2) is 44.0 Å². The van der Waals surface area contributed by atoms with Crippen LogP contribution in [0.4, 0.5) is 0 Å². The van der Waals surface area contributed by atoms with Gasteiger partial charge in [0.25, 0.3) is 11.8 Å². The minimum absolute atomic E-state index is 0.0603. The zero-order valence-corrected chi connectivity index (χ0v) is 15.9. The number of likely N-dealkylation sites (N-methyl/N-ethyl adjacent to an activating group) is 1. The summed E-state index contributed by atoms with van der Waals surface area (Å²) < 4.78 is 0. The molecule has 0 radical (unpaired) electrons. The summed E-state index contributed by atoms with van der Waals surface area (Å²) in [5.74, 6) is 0.907. The van der Waals surface area contributed by atoms with Crippen molar-refractivity contribution in [3.63, 3.8) is 0 Å². The van der Waals surface area contributed by atoms with E-state index in [2.05, 4.69) is 31.4 Å². The lowest BCUT2D eigenvalue weighted by Gasteiger charge is -2.39. The third-order valence-corrected chi connectivity index (χ3v) is 5.98. The van der Waals surface area contributed by atoms with Gasteiger partial charge in [0.15, 0.2) is 13.1 Å². The van der Waals surface area contributed by atoms with Crippen LogP contribution < -0.4 is 15.5 Å². The van der Waals surface area contributed by atoms with E-state index in [4.69, 9.17) is 0 Å². The Balaban J connectivity index is 1.64. The number of hydrogen-bond acceptors (Lipinski definition) is 2. The van der Waals surface area contributed by atoms with Gasteiger partial charge in [0.2, 0.25) is 0 Å². The zero-order chi connectivity index (χ0) is 17.7. The third kappa shape index (κ3) is 6.08. The Kier molecular flexibility index (Phi) is 6.67. The molecule has 2 aliphatic rings. The second-order valence-electron chi connectivity index (χ2n) is 8.61. The van der Waals surface area contributed by atoms with Crippen LogP contribution in [0.25, 0.3) is 0 Å². The highest BCUT2D eigenvalue weighted by Crippen LogP contribution is 2.40. The van der Waals surface area contributed by atoms with Crippen molar-refractivity contribution >= 4 is 11.8 Å². The number of nitrogens with one attached hydrogen (secondary N) is 3. The summed E-state index contributed by atoms with van der Waals surface area (Å²) in [7, 11) is 1.91. The fourth-order valence-electron chi connectivity index (χ4n) is 3.70. The molecule has 0 heterocycles. The van der Waals surface area contributed by atoms with Gasteiger partial charge < -0.3 is 15.5 Å². The molecule has 0 aliphatic heterocycles. The summed E-state index contributed by atoms with van der Waals surface area (Å²) in [4.78, 5) is 24.9. The maximum absolute atomic E-state index is 12.2. The standard InChI is InChI=1S/C19H35N3O2/c1-5-19(2,3)14-6-8-15(9-7-14)20-17(23)12-22(4)13-18(24)21-16-10-11-16/h14-16H,5-13H2,1-4H3,(H,20,23)(H,21,24)/p+1. The molecule has 1 unspecified atom stereocenters. The first-order valence-corrected chi connectivity index (χ1v) is 9.70. The second-order valence-corrected chi connectivity index (χ2v) is 8.61. The third-order valence-electron chi connectivity index (χ3n) is 5.98. The molecule has 2 fully saturated rings. The van der Waals surface area contributed by atoms with Crippen molar-refractivity contribution < 1.29 is 14.5 Å². The van der Waals surface area contributed by atoms with E-state index >= 15 is 0 Å². The average Bonchev–Trinajstić information content (AvgIpc) is 3.31. The Morgan fingerprint density at radius 3 is 1.71 bits per heavy atom. The van der Waals surface area contributed by atoms with Crippen molar-refractivity contribution in [3.05, 3.63) is 0 Å². The maximum Gasteiger partial charge on any atom is 0.275 e. The monoisotopic (exact) mass is 338 g/mol. The lowest BCUT2D eigenvalue weighted by molar-refractivity contribution is -0.862. The summed E-state index contributed by atoms with van der Waals surface area (Å²) in [6, 6.07) is 0.705. The number of amides is 2. The predicted octanol–water partition coefficient (Wildman–Crippen LogP) is 0.891. The smallest absolute Gasteiger partial charge is 0.275 e. The molecule has 2 rings (SSSR count). The number of carbonyl (C=O) groups is 2. The van der Waals surface area contributed by atoms with Crippen molar-refractivity contribution in [2.75, 3.05) is 20.1 Å². The quantitative estimate of drug-likeness (QED) is 0.615. The Morgan fingerprint density at radius 2 is 1.33 bits per heavy atom. The second kappa shape index (κ2) is 8.32. The zero-order valence-electron chi connectivity index (χ0n) is 15.9. The van der Waals surface area contributed by atoms with E-state index in [0.29, 0.717) is 30.6 Å². The molecule has 0 saturated heterocycles. The van der Waals surface area contributed by atoms with Crippen LogP contribution in [0.3, 0.4) is 0 Å². The summed E-state index contributed by atoms with van der Waals surface area (Å²) >= 11 is 0. The van der Waals surface area contributed by atoms with E-state index < -0.39 is 0 Å². The normalized spacial score (nSPS) is 25.8. The molecule has 138 valence electrons. The molecule has 1 atom stereocenters. The Bertz CT molecular complexity index is 438. The van der Waals surface area contributed by atoms with Crippen LogP contribution in [0, 0.1) is 11.3 Å². The minimum atomic E-state index is 0.0603. The molecular weight excluding hydrogens is 302 g/mol. The van der Waals surface area contributed by atoms with E-state index in [1.54, 1.807) is 0 Å². The van der Waals surface area contributed by atoms with E-state index in [-0.39, 0.29) is 11.8 Å². The molecule has 0 aromatic rings. The van der Waals surface area contributed by atoms with Gasteiger partial charge in [-0.05, 0) is 49.9 Å². The number of quaternary nitrogens is 1. The highest BCUT2D eigenvalue weighted by atomic mass is 16.2. The number of carbonyl (C=O) groups excluding carboxylic acids is 2. The van der Waals surface area contributed by atoms with Gasteiger partial charge in [0.1, 0.15) is 0 Å². The minimum Gasteiger partial charge on any atom is -0.348 e. The van der Waals surface area contributed by atoms with Crippen LogP contribution >= 0.6 is 0 Å². The van der Waals surface area contributed by atoms with Gasteiger partial charge in [0.05, 0.1) is 7.05 Å². The van der Waals surface area contributed by atoms with Crippen molar-refractivity contribution in [3.8, 4) is 0 Å². The first kappa shape index (κ1) is 19.2. The van der Waals surface area contributed by atoms with Gasteiger partial charge in [0, 0.05) is 12.1 Å². The lowest BCUT2D eigenvalue weighted by Crippen LogP contribution is -3.11. The molecule has 2 amide bonds. The van der Waals surface area contributed by atoms with Gasteiger partial charge in [-0.3, -0.25) is 9.59 Å². The highest BCUT2D eigenvalue weighted by Gasteiger charge is 2.32. The van der Waals surface area contributed by atoms with Crippen LogP contribution in [0.1, 0.15) is 65.7 Å². The van der Waals surface area contributed by atoms with Gasteiger partial charge in [-0.1, -0.05) is 27.2 Å². The van der Waals surface area contributed by atoms with Crippen LogP contribution in [0.2, 0.25) is 0 Å². The lowest BCUT2D eigenvalue weighted by atomic mass is 9.69. The molecule has 5 heteroatoms. The van der Waals surface area contributed by atoms with Crippen LogP contribution in [-0.2, 0) is 9.59 Å². The predicted molar refractivity (Wildman–Crippen MR) is 95.7 cm³/mol. The van der Waals surface area contributed by atoms with Crippen molar-refractivity contribution in [1.82, 2.24) is 10.6 Å². The summed E-state index contributed by atoms with van der Waals surface area (Å²) in [5.41, 5.74) is 0.411. The maximum atomic E-state index is 12.2. The van der Waals surface area contributed by atoms with Gasteiger partial charge in [-0.2, -0.15) is 0 Å². The molecule has 2 aliphatic carbocycles. The van der Waals surface area contributed by atoms with E-state index in [1.807, 2.05) is 7.05 Å². The first-order valence-electron chi connectivity index (χ1n) is 9.70. The van der Waals surface area contributed by atoms with Crippen LogP contribution in [0.5, 0.6) is 0 Å². The van der Waals surface area contributed by atoms with Gasteiger partial charge in [-0.25, -0.2) is 0 Å². The van der Waals surface area contributed by atoms with Crippen molar-refractivity contribution in [1.29, 1.82) is 0 Å².